The Morgan fingerprint density at radius 3 is 2.14 bits per heavy atom. The first kappa shape index (κ1) is 32.0. The minimum atomic E-state index is -5.65. The van der Waals surface area contributed by atoms with Gasteiger partial charge in [-0.2, -0.15) is 13.6 Å². The van der Waals surface area contributed by atoms with Gasteiger partial charge in [0.15, 0.2) is 0 Å². The lowest BCUT2D eigenvalue weighted by atomic mass is 10.2. The molecule has 0 aliphatic carbocycles. The van der Waals surface area contributed by atoms with Crippen LogP contribution in [0, 0.1) is 0 Å². The van der Waals surface area contributed by atoms with Gasteiger partial charge < -0.3 is 40.1 Å². The Labute approximate surface area is 200 Å². The summed E-state index contributed by atoms with van der Waals surface area (Å²) in [6.07, 6.45) is -2.42. The Bertz CT molecular complexity index is 1010. The minimum Gasteiger partial charge on any atom is -0.390 e. The average molecular weight is 571 g/mol. The minimum absolute atomic E-state index is 0.0380. The molecule has 1 fully saturated rings. The molecule has 17 nitrogen and oxygen atoms in total. The summed E-state index contributed by atoms with van der Waals surface area (Å²) in [4.78, 5) is 52.9. The van der Waals surface area contributed by atoms with E-state index < -0.39 is 54.2 Å². The lowest BCUT2D eigenvalue weighted by Crippen LogP contribution is -2.28. The molecular formula is C15H31N4O13P3. The molecular weight excluding hydrogens is 540 g/mol. The zero-order chi connectivity index (χ0) is 27.0. The van der Waals surface area contributed by atoms with Gasteiger partial charge in [0.2, 0.25) is 0 Å². The number of rotatable bonds is 11. The molecule has 1 aromatic heterocycles. The largest absolute Gasteiger partial charge is 0.490 e. The van der Waals surface area contributed by atoms with Crippen LogP contribution in [0.4, 0.5) is 5.82 Å². The van der Waals surface area contributed by atoms with E-state index in [4.69, 9.17) is 25.2 Å². The van der Waals surface area contributed by atoms with Crippen LogP contribution in [0.2, 0.25) is 0 Å². The first-order valence-corrected chi connectivity index (χ1v) is 14.7. The lowest BCUT2D eigenvalue weighted by molar-refractivity contribution is -0.0449. The van der Waals surface area contributed by atoms with Gasteiger partial charge in [0, 0.05) is 12.6 Å². The van der Waals surface area contributed by atoms with Crippen molar-refractivity contribution < 1.29 is 56.3 Å². The second-order valence-corrected chi connectivity index (χ2v) is 11.4. The average Bonchev–Trinajstić information content (AvgIpc) is 3.06. The molecule has 35 heavy (non-hydrogen) atoms. The van der Waals surface area contributed by atoms with Gasteiger partial charge >= 0.3 is 29.2 Å². The standard InChI is InChI=1S/C9H16N3O13P3.C6H15N/c10-7-1-2-12(9(14)11-7)8-3-5(13)6(23-8)4-22-27(18,19)25-28(20,21)24-26(15,16)17;1-4-7(5-2)6-3/h1-2,5-6,8,13H,3-4H2,(H,18,19)(H,20,21)(H2,10,11,14)(H2,15,16,17);4-6H2,1-3H3/t5-,6+,8+;/m0./s1/i9+1,11+1,12+1;. The van der Waals surface area contributed by atoms with Gasteiger partial charge in [-0.05, 0) is 25.7 Å². The number of hydrogen-bond donors (Lipinski definition) is 6. The van der Waals surface area contributed by atoms with E-state index in [1.807, 2.05) is 0 Å². The lowest BCUT2D eigenvalue weighted by Gasteiger charge is -2.19. The van der Waals surface area contributed by atoms with Gasteiger partial charge in [0.05, 0.1) is 12.7 Å². The second kappa shape index (κ2) is 13.5. The summed E-state index contributed by atoms with van der Waals surface area (Å²) in [5, 5.41) is 9.94. The van der Waals surface area contributed by atoms with Crippen LogP contribution in [0.15, 0.2) is 17.1 Å². The number of aliphatic hydroxyl groups excluding tert-OH is 1. The van der Waals surface area contributed by atoms with Crippen molar-refractivity contribution in [2.45, 2.75) is 45.6 Å². The maximum atomic E-state index is 11.8. The third-order valence-corrected chi connectivity index (χ3v) is 8.33. The van der Waals surface area contributed by atoms with Gasteiger partial charge in [-0.1, -0.05) is 20.8 Å². The fourth-order valence-corrected chi connectivity index (χ4v) is 5.85. The van der Waals surface area contributed by atoms with E-state index in [9.17, 15) is 28.5 Å². The molecule has 2 heterocycles. The molecule has 1 aliphatic rings. The molecule has 7 N–H and O–H groups in total. The zero-order valence-corrected chi connectivity index (χ0v) is 21.9. The normalized spacial score (nSPS) is 23.9. The van der Waals surface area contributed by atoms with Crippen molar-refractivity contribution in [2.75, 3.05) is 32.0 Å². The molecule has 0 aromatic carbocycles. The van der Waals surface area contributed by atoms with E-state index in [2.05, 4.69) is 43.8 Å². The monoisotopic (exact) mass is 571 g/mol. The van der Waals surface area contributed by atoms with E-state index in [0.717, 1.165) is 4.57 Å². The van der Waals surface area contributed by atoms with Crippen LogP contribution in [-0.4, -0.2) is 77.6 Å². The number of phosphoric ester groups is 1. The predicted octanol–water partition coefficient (Wildman–Crippen LogP) is 0.165. The number of anilines is 1. The molecule has 5 atom stereocenters. The molecule has 20 heteroatoms. The van der Waals surface area contributed by atoms with E-state index in [0.29, 0.717) is 0 Å². The molecule has 0 amide bonds. The summed E-state index contributed by atoms with van der Waals surface area (Å²) in [7, 11) is -16.5. The van der Waals surface area contributed by atoms with Crippen molar-refractivity contribution in [1.29, 1.82) is 0 Å². The van der Waals surface area contributed by atoms with Gasteiger partial charge in [-0.15, -0.1) is 0 Å². The molecule has 1 aliphatic heterocycles. The van der Waals surface area contributed by atoms with E-state index >= 15 is 0 Å². The number of phosphoric acid groups is 3. The second-order valence-electron chi connectivity index (χ2n) is 6.98. The van der Waals surface area contributed by atoms with Crippen LogP contribution < -0.4 is 11.4 Å². The molecule has 0 saturated carbocycles. The summed E-state index contributed by atoms with van der Waals surface area (Å²) >= 11 is 0. The maximum Gasteiger partial charge on any atom is 0.490 e. The quantitative estimate of drug-likeness (QED) is 0.193. The van der Waals surface area contributed by atoms with Crippen LogP contribution in [0.3, 0.4) is 0 Å². The summed E-state index contributed by atoms with van der Waals surface area (Å²) in [6.45, 7) is 9.28. The van der Waals surface area contributed by atoms with Crippen LogP contribution in [0.1, 0.15) is 33.4 Å². The fraction of sp³-hybridized carbons (Fsp3) is 0.733. The maximum absolute atomic E-state index is 11.8. The number of ether oxygens (including phenoxy) is 1. The Hall–Kier alpha value is -1.03. The van der Waals surface area contributed by atoms with E-state index in [-0.39, 0.29) is 12.2 Å². The van der Waals surface area contributed by atoms with Crippen LogP contribution >= 0.6 is 23.5 Å². The highest BCUT2D eigenvalue weighted by atomic mass is 31.3. The Balaban J connectivity index is 0.000000762. The molecule has 0 bridgehead atoms. The molecule has 0 radical (unpaired) electrons. The van der Waals surface area contributed by atoms with Crippen LogP contribution in [0.25, 0.3) is 0 Å². The smallest absolute Gasteiger partial charge is 0.390 e. The number of nitrogen functional groups attached to an aromatic ring is 1. The van der Waals surface area contributed by atoms with Gasteiger partial charge in [-0.25, -0.2) is 18.5 Å². The molecule has 204 valence electrons. The Morgan fingerprint density at radius 2 is 1.69 bits per heavy atom. The van der Waals surface area contributed by atoms with Crippen molar-refractivity contribution in [1.82, 2.24) is 14.5 Å². The van der Waals surface area contributed by atoms with E-state index in [1.165, 1.54) is 31.9 Å². The number of nitrogens with zero attached hydrogens (tertiary/aromatic N) is 3. The van der Waals surface area contributed by atoms with Crippen LogP contribution in [0.5, 0.6) is 0 Å². The highest BCUT2D eigenvalue weighted by molar-refractivity contribution is 7.66. The number of hydrogen-bond acceptors (Lipinski definition) is 12. The highest BCUT2D eigenvalue weighted by Gasteiger charge is 2.42. The summed E-state index contributed by atoms with van der Waals surface area (Å²) in [6, 6.07) is 1.30. The van der Waals surface area contributed by atoms with Crippen molar-refractivity contribution in [3.05, 3.63) is 22.7 Å². The predicted molar refractivity (Wildman–Crippen MR) is 121 cm³/mol. The summed E-state index contributed by atoms with van der Waals surface area (Å²) in [5.74, 6) is -0.0380. The zero-order valence-electron chi connectivity index (χ0n) is 19.2. The molecule has 0 spiro atoms. The number of aromatic nitrogens is 2. The number of nitrogens with two attached hydrogens (primary N) is 1. The summed E-state index contributed by atoms with van der Waals surface area (Å²) < 4.78 is 51.2. The summed E-state index contributed by atoms with van der Waals surface area (Å²) in [5.41, 5.74) is 4.58. The fourth-order valence-electron chi connectivity index (χ4n) is 2.82. The molecule has 1 saturated heterocycles. The molecule has 1 aromatic rings. The number of aliphatic hydroxyl groups is 1. The SMILES string of the molecule is CCN(CC)CC.Nc1cc[15n]([C@H]2C[C@H](O)[C@@H](COP(=O)(O)OP(=O)(O)OP(=O)(O)O)O2)[13c](=O)[15n]1. The first-order valence-electron chi connectivity index (χ1n) is 10.2. The topological polar surface area (TPSA) is 253 Å². The van der Waals surface area contributed by atoms with Crippen LogP contribution in [-0.2, 0) is 31.6 Å². The van der Waals surface area contributed by atoms with Crippen molar-refractivity contribution in [3.63, 3.8) is 0 Å². The third-order valence-electron chi connectivity index (χ3n) is 4.53. The Morgan fingerprint density at radius 1 is 1.11 bits per heavy atom. The van der Waals surface area contributed by atoms with Crippen molar-refractivity contribution >= 4 is 29.3 Å². The van der Waals surface area contributed by atoms with E-state index in [1.54, 1.807) is 0 Å². The first-order chi connectivity index (χ1) is 16.0. The molecule has 2 unspecified atom stereocenters. The molecule has 2 rings (SSSR count). The third kappa shape index (κ3) is 11.7. The van der Waals surface area contributed by atoms with Crippen molar-refractivity contribution in [2.24, 2.45) is 0 Å². The van der Waals surface area contributed by atoms with Gasteiger partial charge in [0.25, 0.3) is 0 Å². The van der Waals surface area contributed by atoms with Gasteiger partial charge in [-0.3, -0.25) is 9.09 Å². The van der Waals surface area contributed by atoms with Crippen molar-refractivity contribution in [3.8, 4) is 0 Å². The Kier molecular flexibility index (Phi) is 12.3. The van der Waals surface area contributed by atoms with Gasteiger partial charge in [0.1, 0.15) is 18.1 Å². The highest BCUT2D eigenvalue weighted by Crippen LogP contribution is 2.66.